The molecule has 0 bridgehead atoms. The average Bonchev–Trinajstić information content (AvgIpc) is 3.00. The van der Waals surface area contributed by atoms with Gasteiger partial charge in [0, 0.05) is 27.5 Å². The third kappa shape index (κ3) is 4.23. The van der Waals surface area contributed by atoms with E-state index in [1.807, 2.05) is 12.1 Å². The van der Waals surface area contributed by atoms with E-state index in [2.05, 4.69) is 15.7 Å². The van der Waals surface area contributed by atoms with Gasteiger partial charge in [-0.25, -0.2) is 4.79 Å². The van der Waals surface area contributed by atoms with E-state index in [1.54, 1.807) is 42.5 Å². The molecule has 0 aliphatic heterocycles. The van der Waals surface area contributed by atoms with Crippen LogP contribution in [0.5, 0.6) is 0 Å². The van der Waals surface area contributed by atoms with Crippen molar-refractivity contribution in [2.75, 3.05) is 17.7 Å². The highest BCUT2D eigenvalue weighted by Crippen LogP contribution is 2.24. The van der Waals surface area contributed by atoms with E-state index in [0.717, 1.165) is 16.1 Å². The van der Waals surface area contributed by atoms with Gasteiger partial charge in [-0.1, -0.05) is 23.2 Å². The van der Waals surface area contributed by atoms with Gasteiger partial charge >= 0.3 is 6.09 Å². The van der Waals surface area contributed by atoms with Crippen LogP contribution in [-0.4, -0.2) is 23.0 Å². The number of rotatable bonds is 4. The van der Waals surface area contributed by atoms with Gasteiger partial charge in [0.15, 0.2) is 5.82 Å². The van der Waals surface area contributed by atoms with Crippen LogP contribution in [0.1, 0.15) is 0 Å². The van der Waals surface area contributed by atoms with E-state index in [9.17, 15) is 4.79 Å². The first kappa shape index (κ1) is 17.1. The van der Waals surface area contributed by atoms with Crippen molar-refractivity contribution in [2.24, 2.45) is 0 Å². The molecule has 3 rings (SSSR count). The number of benzene rings is 2. The number of aromatic nitrogens is 2. The van der Waals surface area contributed by atoms with Gasteiger partial charge in [-0.2, -0.15) is 0 Å². The van der Waals surface area contributed by atoms with Crippen molar-refractivity contribution in [3.63, 3.8) is 0 Å². The first-order valence-corrected chi connectivity index (χ1v) is 8.04. The molecule has 6 nitrogen and oxygen atoms in total. The molecule has 0 saturated heterocycles. The highest BCUT2D eigenvalue weighted by atomic mass is 35.5. The second-order valence-electron chi connectivity index (χ2n) is 5.06. The number of hydrogen-bond donors (Lipinski definition) is 2. The first-order chi connectivity index (χ1) is 12.0. The van der Waals surface area contributed by atoms with Crippen LogP contribution in [0.3, 0.4) is 0 Å². The molecular formula is C17H14Cl2N4O2. The average molecular weight is 377 g/mol. The molecule has 0 fully saturated rings. The van der Waals surface area contributed by atoms with Crippen molar-refractivity contribution < 1.29 is 9.53 Å². The maximum Gasteiger partial charge on any atom is 0.436 e. The zero-order chi connectivity index (χ0) is 17.8. The Morgan fingerprint density at radius 1 is 0.960 bits per heavy atom. The zero-order valence-corrected chi connectivity index (χ0v) is 14.7. The van der Waals surface area contributed by atoms with Crippen LogP contribution in [0.25, 0.3) is 0 Å². The van der Waals surface area contributed by atoms with Crippen LogP contribution in [-0.2, 0) is 4.74 Å². The lowest BCUT2D eigenvalue weighted by Gasteiger charge is -2.07. The van der Waals surface area contributed by atoms with Crippen LogP contribution in [0, 0.1) is 0 Å². The van der Waals surface area contributed by atoms with Crippen molar-refractivity contribution in [1.29, 1.82) is 0 Å². The SMILES string of the molecule is COC(=O)n1nc(Nc2ccc(Cl)cc2)cc1Nc1ccc(Cl)cc1. The normalized spacial score (nSPS) is 10.4. The molecule has 25 heavy (non-hydrogen) atoms. The molecule has 0 radical (unpaired) electrons. The Kier molecular flexibility index (Phi) is 5.11. The van der Waals surface area contributed by atoms with Gasteiger partial charge in [-0.15, -0.1) is 9.78 Å². The summed E-state index contributed by atoms with van der Waals surface area (Å²) in [6, 6.07) is 15.9. The largest absolute Gasteiger partial charge is 0.451 e. The minimum atomic E-state index is -0.611. The topological polar surface area (TPSA) is 68.2 Å². The Hall–Kier alpha value is -2.70. The maximum absolute atomic E-state index is 12.0. The lowest BCUT2D eigenvalue weighted by molar-refractivity contribution is 0.170. The molecule has 1 aromatic heterocycles. The summed E-state index contributed by atoms with van der Waals surface area (Å²) in [5.41, 5.74) is 1.55. The van der Waals surface area contributed by atoms with Gasteiger partial charge in [-0.3, -0.25) is 0 Å². The van der Waals surface area contributed by atoms with Crippen LogP contribution in [0.2, 0.25) is 10.0 Å². The maximum atomic E-state index is 12.0. The van der Waals surface area contributed by atoms with Gasteiger partial charge in [0.1, 0.15) is 5.82 Å². The monoisotopic (exact) mass is 376 g/mol. The molecule has 0 amide bonds. The van der Waals surface area contributed by atoms with Gasteiger partial charge in [0.25, 0.3) is 0 Å². The summed E-state index contributed by atoms with van der Waals surface area (Å²) < 4.78 is 5.90. The number of carbonyl (C=O) groups is 1. The van der Waals surface area contributed by atoms with Crippen LogP contribution < -0.4 is 10.6 Å². The fraction of sp³-hybridized carbons (Fsp3) is 0.0588. The van der Waals surface area contributed by atoms with Crippen molar-refractivity contribution in [3.8, 4) is 0 Å². The van der Waals surface area contributed by atoms with E-state index < -0.39 is 6.09 Å². The second kappa shape index (κ2) is 7.46. The number of nitrogens with one attached hydrogen (secondary N) is 2. The Morgan fingerprint density at radius 3 is 2.00 bits per heavy atom. The van der Waals surface area contributed by atoms with Crippen molar-refractivity contribution in [2.45, 2.75) is 0 Å². The van der Waals surface area contributed by atoms with Gasteiger partial charge in [0.2, 0.25) is 0 Å². The predicted molar refractivity (Wildman–Crippen MR) is 99.5 cm³/mol. The first-order valence-electron chi connectivity index (χ1n) is 7.29. The quantitative estimate of drug-likeness (QED) is 0.647. The van der Waals surface area contributed by atoms with Crippen molar-refractivity contribution in [1.82, 2.24) is 9.78 Å². The molecule has 8 heteroatoms. The number of methoxy groups -OCH3 is 1. The number of halogens is 2. The molecule has 128 valence electrons. The summed E-state index contributed by atoms with van der Waals surface area (Å²) >= 11 is 11.8. The van der Waals surface area contributed by atoms with E-state index >= 15 is 0 Å². The Labute approximate surface area is 154 Å². The summed E-state index contributed by atoms with van der Waals surface area (Å²) in [6.45, 7) is 0. The van der Waals surface area contributed by atoms with Gasteiger partial charge in [-0.05, 0) is 48.5 Å². The molecule has 1 heterocycles. The van der Waals surface area contributed by atoms with Gasteiger partial charge < -0.3 is 15.4 Å². The summed E-state index contributed by atoms with van der Waals surface area (Å²) in [7, 11) is 1.29. The molecule has 2 N–H and O–H groups in total. The Balaban J connectivity index is 1.87. The lowest BCUT2D eigenvalue weighted by atomic mass is 10.3. The highest BCUT2D eigenvalue weighted by molar-refractivity contribution is 6.30. The molecule has 0 spiro atoms. The van der Waals surface area contributed by atoms with Crippen LogP contribution in [0.4, 0.5) is 27.8 Å². The van der Waals surface area contributed by atoms with Crippen LogP contribution >= 0.6 is 23.2 Å². The molecule has 2 aromatic carbocycles. The number of anilines is 4. The Bertz CT molecular complexity index is 877. The fourth-order valence-electron chi connectivity index (χ4n) is 2.12. The van der Waals surface area contributed by atoms with Crippen molar-refractivity contribution in [3.05, 3.63) is 64.6 Å². The Morgan fingerprint density at radius 2 is 1.48 bits per heavy atom. The van der Waals surface area contributed by atoms with E-state index in [1.165, 1.54) is 7.11 Å². The third-order valence-electron chi connectivity index (χ3n) is 3.29. The highest BCUT2D eigenvalue weighted by Gasteiger charge is 2.15. The third-order valence-corrected chi connectivity index (χ3v) is 3.79. The van der Waals surface area contributed by atoms with E-state index in [4.69, 9.17) is 27.9 Å². The molecule has 0 unspecified atom stereocenters. The number of hydrogen-bond acceptors (Lipinski definition) is 5. The van der Waals surface area contributed by atoms with Crippen molar-refractivity contribution >= 4 is 52.3 Å². The molecule has 3 aromatic rings. The number of ether oxygens (including phenoxy) is 1. The minimum absolute atomic E-state index is 0.450. The summed E-state index contributed by atoms with van der Waals surface area (Å²) in [6.07, 6.45) is -0.611. The van der Waals surface area contributed by atoms with E-state index in [0.29, 0.717) is 21.7 Å². The molecule has 0 saturated carbocycles. The second-order valence-corrected chi connectivity index (χ2v) is 5.93. The molecule has 0 aliphatic rings. The number of nitrogens with zero attached hydrogens (tertiary/aromatic N) is 2. The summed E-state index contributed by atoms with van der Waals surface area (Å²) in [5, 5.41) is 11.7. The predicted octanol–water partition coefficient (Wildman–Crippen LogP) is 5.29. The summed E-state index contributed by atoms with van der Waals surface area (Å²) in [4.78, 5) is 12.0. The molecule has 0 aliphatic carbocycles. The van der Waals surface area contributed by atoms with Gasteiger partial charge in [0.05, 0.1) is 7.11 Å². The van der Waals surface area contributed by atoms with Crippen LogP contribution in [0.15, 0.2) is 54.6 Å². The fourth-order valence-corrected chi connectivity index (χ4v) is 2.37. The smallest absolute Gasteiger partial charge is 0.436 e. The number of carbonyl (C=O) groups excluding carboxylic acids is 1. The lowest BCUT2D eigenvalue weighted by Crippen LogP contribution is -2.15. The molecule has 0 atom stereocenters. The zero-order valence-electron chi connectivity index (χ0n) is 13.2. The minimum Gasteiger partial charge on any atom is -0.451 e. The summed E-state index contributed by atoms with van der Waals surface area (Å²) in [5.74, 6) is 0.926. The molecular weight excluding hydrogens is 363 g/mol. The standard InChI is InChI=1S/C17H14Cl2N4O2/c1-25-17(24)23-16(21-14-8-4-12(19)5-9-14)10-15(22-23)20-13-6-2-11(18)3-7-13/h2-10,21H,1H3,(H,20,22). The van der Waals surface area contributed by atoms with E-state index in [-0.39, 0.29) is 0 Å².